The van der Waals surface area contributed by atoms with E-state index >= 15 is 0 Å². The topological polar surface area (TPSA) is 86.1 Å². The molecule has 0 aliphatic carbocycles. The number of nitrogens with one attached hydrogen (secondary N) is 2. The largest absolute Gasteiger partial charge is 0.357 e. The lowest BCUT2D eigenvalue weighted by atomic mass is 9.97. The molecule has 0 bridgehead atoms. The number of rotatable bonds is 6. The molecule has 1 saturated heterocycles. The molecule has 35 heavy (non-hydrogen) atoms. The van der Waals surface area contributed by atoms with Crippen molar-refractivity contribution in [1.82, 2.24) is 9.88 Å². The number of Topliss-reactive ketones (excluding diaryl/α,β-unsaturated/α-hetero) is 1. The Kier molecular flexibility index (Phi) is 8.27. The number of likely N-dealkylation sites (tertiary alicyclic amines) is 1. The van der Waals surface area contributed by atoms with Crippen LogP contribution in [0.5, 0.6) is 0 Å². The first-order chi connectivity index (χ1) is 17.0. The summed E-state index contributed by atoms with van der Waals surface area (Å²) in [7, 11) is 0. The lowest BCUT2D eigenvalue weighted by molar-refractivity contribution is 0.0992. The molecule has 1 aliphatic heterocycles. The highest BCUT2D eigenvalue weighted by atomic mass is 35.5. The van der Waals surface area contributed by atoms with Crippen molar-refractivity contribution >= 4 is 34.9 Å². The van der Waals surface area contributed by atoms with E-state index in [0.29, 0.717) is 33.4 Å². The van der Waals surface area contributed by atoms with E-state index in [1.165, 1.54) is 25.5 Å². The second-order valence-electron chi connectivity index (χ2n) is 8.75. The van der Waals surface area contributed by atoms with E-state index in [1.54, 1.807) is 42.5 Å². The number of halogens is 1. The molecule has 7 heteroatoms. The van der Waals surface area contributed by atoms with Crippen molar-refractivity contribution in [2.24, 2.45) is 0 Å². The van der Waals surface area contributed by atoms with Crippen LogP contribution in [0.25, 0.3) is 0 Å². The lowest BCUT2D eigenvalue weighted by Gasteiger charge is -2.27. The van der Waals surface area contributed by atoms with Gasteiger partial charge < -0.3 is 10.2 Å². The molecule has 1 amide bonds. The Bertz CT molecular complexity index is 1180. The molecule has 1 aliphatic rings. The van der Waals surface area contributed by atoms with Gasteiger partial charge in [-0.05, 0) is 36.6 Å². The van der Waals surface area contributed by atoms with Gasteiger partial charge in [0.2, 0.25) is 0 Å². The van der Waals surface area contributed by atoms with Crippen molar-refractivity contribution in [1.29, 1.82) is 5.41 Å². The van der Waals surface area contributed by atoms with Crippen LogP contribution in [0.2, 0.25) is 5.02 Å². The molecule has 1 fully saturated rings. The summed E-state index contributed by atoms with van der Waals surface area (Å²) < 4.78 is 0. The summed E-state index contributed by atoms with van der Waals surface area (Å²) in [5, 5.41) is 11.8. The maximum absolute atomic E-state index is 13.0. The standard InChI is InChI=1S/C28H29ClN4O2/c29-23-14-15-26(31-19-23)32-28(35)24-9-5-4-8-22(24)18-25(34)20-10-12-21(13-11-20)27(30)33-16-6-2-1-3-7-17-33/h4-5,8-15,19,30H,1-3,6-7,16-18H2,(H,31,32,35). The number of pyridine rings is 1. The number of anilines is 1. The number of amides is 1. The molecule has 0 saturated carbocycles. The summed E-state index contributed by atoms with van der Waals surface area (Å²) in [5.41, 5.74) is 2.44. The molecular weight excluding hydrogens is 460 g/mol. The Morgan fingerprint density at radius 2 is 1.54 bits per heavy atom. The minimum absolute atomic E-state index is 0.0841. The summed E-state index contributed by atoms with van der Waals surface area (Å²) in [6.45, 7) is 1.81. The average Bonchev–Trinajstić information content (AvgIpc) is 2.85. The lowest BCUT2D eigenvalue weighted by Crippen LogP contribution is -2.33. The van der Waals surface area contributed by atoms with Gasteiger partial charge in [0.15, 0.2) is 5.78 Å². The van der Waals surface area contributed by atoms with E-state index < -0.39 is 0 Å². The molecule has 180 valence electrons. The zero-order valence-electron chi connectivity index (χ0n) is 19.6. The average molecular weight is 489 g/mol. The second-order valence-corrected chi connectivity index (χ2v) is 9.19. The van der Waals surface area contributed by atoms with Gasteiger partial charge in [0, 0.05) is 42.4 Å². The fourth-order valence-electron chi connectivity index (χ4n) is 4.27. The molecule has 0 radical (unpaired) electrons. The first kappa shape index (κ1) is 24.6. The van der Waals surface area contributed by atoms with Crippen LogP contribution in [-0.4, -0.2) is 40.5 Å². The third kappa shape index (κ3) is 6.55. The van der Waals surface area contributed by atoms with Gasteiger partial charge in [-0.1, -0.05) is 73.3 Å². The first-order valence-corrected chi connectivity index (χ1v) is 12.4. The highest BCUT2D eigenvalue weighted by molar-refractivity contribution is 6.30. The van der Waals surface area contributed by atoms with Crippen molar-refractivity contribution in [3.05, 3.63) is 94.1 Å². The van der Waals surface area contributed by atoms with Crippen LogP contribution in [0.15, 0.2) is 66.9 Å². The van der Waals surface area contributed by atoms with Crippen LogP contribution < -0.4 is 5.32 Å². The van der Waals surface area contributed by atoms with Crippen LogP contribution >= 0.6 is 11.6 Å². The minimum Gasteiger partial charge on any atom is -0.357 e. The number of nitrogens with zero attached hydrogens (tertiary/aromatic N) is 2. The van der Waals surface area contributed by atoms with E-state index in [0.717, 1.165) is 31.5 Å². The summed E-state index contributed by atoms with van der Waals surface area (Å²) >= 11 is 5.86. The molecular formula is C28H29ClN4O2. The maximum Gasteiger partial charge on any atom is 0.257 e. The second kappa shape index (κ2) is 11.8. The highest BCUT2D eigenvalue weighted by Crippen LogP contribution is 2.18. The SMILES string of the molecule is N=C(c1ccc(C(=O)Cc2ccccc2C(=O)Nc2ccc(Cl)cn2)cc1)N1CCCCCCC1. The van der Waals surface area contributed by atoms with Gasteiger partial charge in [0.05, 0.1) is 5.02 Å². The third-order valence-electron chi connectivity index (χ3n) is 6.23. The van der Waals surface area contributed by atoms with Crippen molar-refractivity contribution in [3.63, 3.8) is 0 Å². The van der Waals surface area contributed by atoms with Gasteiger partial charge in [-0.3, -0.25) is 15.0 Å². The zero-order valence-corrected chi connectivity index (χ0v) is 20.4. The van der Waals surface area contributed by atoms with Gasteiger partial charge in [0.1, 0.15) is 11.7 Å². The number of aromatic nitrogens is 1. The van der Waals surface area contributed by atoms with E-state index in [1.807, 2.05) is 18.2 Å². The summed E-state index contributed by atoms with van der Waals surface area (Å²) in [6.07, 6.45) is 7.49. The van der Waals surface area contributed by atoms with Gasteiger partial charge in [-0.25, -0.2) is 4.98 Å². The number of amidine groups is 1. The van der Waals surface area contributed by atoms with Crippen molar-refractivity contribution < 1.29 is 9.59 Å². The number of ketones is 1. The normalized spacial score (nSPS) is 14.0. The molecule has 2 aromatic carbocycles. The Hall–Kier alpha value is -3.51. The minimum atomic E-state index is -0.333. The molecule has 4 rings (SSSR count). The smallest absolute Gasteiger partial charge is 0.257 e. The molecule has 2 N–H and O–H groups in total. The predicted molar refractivity (Wildman–Crippen MR) is 140 cm³/mol. The van der Waals surface area contributed by atoms with E-state index in [-0.39, 0.29) is 18.1 Å². The Morgan fingerprint density at radius 1 is 0.886 bits per heavy atom. The number of carbonyl (C=O) groups excluding carboxylic acids is 2. The van der Waals surface area contributed by atoms with E-state index in [9.17, 15) is 9.59 Å². The molecule has 3 aromatic rings. The van der Waals surface area contributed by atoms with Gasteiger partial charge in [-0.15, -0.1) is 0 Å². The first-order valence-electron chi connectivity index (χ1n) is 12.0. The molecule has 1 aromatic heterocycles. The molecule has 0 unspecified atom stereocenters. The molecule has 0 spiro atoms. The van der Waals surface area contributed by atoms with Crippen LogP contribution in [0.3, 0.4) is 0 Å². The van der Waals surface area contributed by atoms with Gasteiger partial charge in [0.25, 0.3) is 5.91 Å². The van der Waals surface area contributed by atoms with Gasteiger partial charge in [-0.2, -0.15) is 0 Å². The van der Waals surface area contributed by atoms with Crippen LogP contribution in [0.4, 0.5) is 5.82 Å². The van der Waals surface area contributed by atoms with Crippen LogP contribution in [0.1, 0.15) is 63.9 Å². The number of benzene rings is 2. The van der Waals surface area contributed by atoms with Gasteiger partial charge >= 0.3 is 0 Å². The Morgan fingerprint density at radius 3 is 2.23 bits per heavy atom. The van der Waals surface area contributed by atoms with E-state index in [4.69, 9.17) is 17.0 Å². The van der Waals surface area contributed by atoms with E-state index in [2.05, 4.69) is 15.2 Å². The van der Waals surface area contributed by atoms with Crippen LogP contribution in [0, 0.1) is 5.41 Å². The van der Waals surface area contributed by atoms with Crippen molar-refractivity contribution in [2.45, 2.75) is 38.5 Å². The summed E-state index contributed by atoms with van der Waals surface area (Å²) in [5.74, 6) is 0.488. The maximum atomic E-state index is 13.0. The third-order valence-corrected chi connectivity index (χ3v) is 6.46. The number of hydrogen-bond acceptors (Lipinski definition) is 4. The predicted octanol–water partition coefficient (Wildman–Crippen LogP) is 6.00. The fourth-order valence-corrected chi connectivity index (χ4v) is 4.38. The monoisotopic (exact) mass is 488 g/mol. The summed E-state index contributed by atoms with van der Waals surface area (Å²) in [4.78, 5) is 32.1. The molecule has 6 nitrogen and oxygen atoms in total. The molecule has 2 heterocycles. The highest BCUT2D eigenvalue weighted by Gasteiger charge is 2.17. The Balaban J connectivity index is 1.43. The zero-order chi connectivity index (χ0) is 24.6. The quantitative estimate of drug-likeness (QED) is 0.253. The fraction of sp³-hybridized carbons (Fsp3) is 0.286. The Labute approximate surface area is 210 Å². The molecule has 0 atom stereocenters. The summed E-state index contributed by atoms with van der Waals surface area (Å²) in [6, 6.07) is 17.6. The van der Waals surface area contributed by atoms with Crippen molar-refractivity contribution in [3.8, 4) is 0 Å². The number of carbonyl (C=O) groups is 2. The number of hydrogen-bond donors (Lipinski definition) is 2. The van der Waals surface area contributed by atoms with Crippen LogP contribution in [-0.2, 0) is 6.42 Å². The van der Waals surface area contributed by atoms with Crippen molar-refractivity contribution in [2.75, 3.05) is 18.4 Å².